The molecule has 0 aliphatic heterocycles. The first-order valence-corrected chi connectivity index (χ1v) is 7.03. The highest BCUT2D eigenvalue weighted by atomic mass is 32.1. The Kier molecular flexibility index (Phi) is 5.02. The molecule has 0 saturated carbocycles. The Hall–Kier alpha value is -2.25. The van der Waals surface area contributed by atoms with E-state index in [1.165, 1.54) is 23.8 Å². The lowest BCUT2D eigenvalue weighted by atomic mass is 10.1. The Labute approximate surface area is 125 Å². The standard InChI is InChI=1S/C14H14N2O4S/c1-20-12(9-5-3-2-4-6-9)13(17)15-7-11-16-10(8-21-11)14(18)19/h2-6,8,12H,7H2,1H3,(H,15,17)(H,18,19). The van der Waals surface area contributed by atoms with Gasteiger partial charge in [-0.15, -0.1) is 11.3 Å². The molecule has 1 aromatic carbocycles. The van der Waals surface area contributed by atoms with Gasteiger partial charge >= 0.3 is 5.97 Å². The van der Waals surface area contributed by atoms with Crippen LogP contribution in [-0.2, 0) is 16.1 Å². The van der Waals surface area contributed by atoms with E-state index in [4.69, 9.17) is 9.84 Å². The van der Waals surface area contributed by atoms with E-state index >= 15 is 0 Å². The van der Waals surface area contributed by atoms with Crippen molar-refractivity contribution in [1.82, 2.24) is 10.3 Å². The van der Waals surface area contributed by atoms with Gasteiger partial charge in [0, 0.05) is 12.5 Å². The zero-order valence-electron chi connectivity index (χ0n) is 11.3. The number of carboxylic acid groups (broad SMARTS) is 1. The number of amides is 1. The molecule has 0 fully saturated rings. The third-order valence-corrected chi connectivity index (χ3v) is 3.61. The van der Waals surface area contributed by atoms with E-state index in [2.05, 4.69) is 10.3 Å². The lowest BCUT2D eigenvalue weighted by Crippen LogP contribution is -2.29. The second-order valence-corrected chi connectivity index (χ2v) is 5.12. The molecular weight excluding hydrogens is 292 g/mol. The predicted molar refractivity (Wildman–Crippen MR) is 77.1 cm³/mol. The molecule has 1 heterocycles. The number of aromatic nitrogens is 1. The van der Waals surface area contributed by atoms with Gasteiger partial charge in [-0.1, -0.05) is 30.3 Å². The number of hydrogen-bond acceptors (Lipinski definition) is 5. The van der Waals surface area contributed by atoms with Crippen molar-refractivity contribution in [3.05, 3.63) is 52.0 Å². The van der Waals surface area contributed by atoms with Gasteiger partial charge in [-0.25, -0.2) is 9.78 Å². The fourth-order valence-electron chi connectivity index (χ4n) is 1.77. The summed E-state index contributed by atoms with van der Waals surface area (Å²) in [5.74, 6) is -1.38. The maximum atomic E-state index is 12.1. The number of nitrogens with one attached hydrogen (secondary N) is 1. The van der Waals surface area contributed by atoms with Gasteiger partial charge in [0.1, 0.15) is 5.01 Å². The van der Waals surface area contributed by atoms with Crippen LogP contribution in [0.2, 0.25) is 0 Å². The number of ether oxygens (including phenoxy) is 1. The maximum absolute atomic E-state index is 12.1. The van der Waals surface area contributed by atoms with Crippen molar-refractivity contribution >= 4 is 23.2 Å². The van der Waals surface area contributed by atoms with E-state index in [9.17, 15) is 9.59 Å². The molecule has 21 heavy (non-hydrogen) atoms. The zero-order valence-corrected chi connectivity index (χ0v) is 12.1. The molecule has 7 heteroatoms. The van der Waals surface area contributed by atoms with E-state index in [0.717, 1.165) is 5.56 Å². The van der Waals surface area contributed by atoms with Crippen molar-refractivity contribution < 1.29 is 19.4 Å². The minimum absolute atomic E-state index is 0.0180. The summed E-state index contributed by atoms with van der Waals surface area (Å²) in [6.45, 7) is 0.170. The number of aromatic carboxylic acids is 1. The zero-order chi connectivity index (χ0) is 15.2. The van der Waals surface area contributed by atoms with E-state index in [-0.39, 0.29) is 18.1 Å². The monoisotopic (exact) mass is 306 g/mol. The summed E-state index contributed by atoms with van der Waals surface area (Å²) in [4.78, 5) is 26.7. The molecule has 0 aliphatic rings. The average molecular weight is 306 g/mol. The summed E-state index contributed by atoms with van der Waals surface area (Å²) in [7, 11) is 1.46. The van der Waals surface area contributed by atoms with Crippen LogP contribution in [0, 0.1) is 0 Å². The molecule has 1 aromatic heterocycles. The molecule has 0 saturated heterocycles. The molecule has 1 amide bonds. The Morgan fingerprint density at radius 1 is 1.38 bits per heavy atom. The number of carbonyl (C=O) groups is 2. The topological polar surface area (TPSA) is 88.5 Å². The average Bonchev–Trinajstić information content (AvgIpc) is 2.96. The summed E-state index contributed by atoms with van der Waals surface area (Å²) in [5, 5.41) is 13.4. The predicted octanol–water partition coefficient (Wildman–Crippen LogP) is 1.85. The Morgan fingerprint density at radius 3 is 2.67 bits per heavy atom. The van der Waals surface area contributed by atoms with Crippen LogP contribution >= 0.6 is 11.3 Å². The van der Waals surface area contributed by atoms with Crippen LogP contribution < -0.4 is 5.32 Å². The molecule has 2 rings (SSSR count). The summed E-state index contributed by atoms with van der Waals surface area (Å²) in [5.41, 5.74) is 0.735. The molecule has 110 valence electrons. The van der Waals surface area contributed by atoms with Crippen LogP contribution in [0.1, 0.15) is 27.2 Å². The van der Waals surface area contributed by atoms with Gasteiger partial charge < -0.3 is 15.2 Å². The van der Waals surface area contributed by atoms with Gasteiger partial charge in [0.2, 0.25) is 0 Å². The molecule has 0 bridgehead atoms. The molecule has 1 unspecified atom stereocenters. The second-order valence-electron chi connectivity index (χ2n) is 4.18. The molecule has 0 radical (unpaired) electrons. The largest absolute Gasteiger partial charge is 0.476 e. The molecule has 0 spiro atoms. The van der Waals surface area contributed by atoms with Crippen LogP contribution in [0.4, 0.5) is 0 Å². The molecule has 2 aromatic rings. The number of rotatable bonds is 6. The van der Waals surface area contributed by atoms with Gasteiger partial charge in [-0.2, -0.15) is 0 Å². The number of hydrogen-bond donors (Lipinski definition) is 2. The molecule has 2 N–H and O–H groups in total. The number of benzene rings is 1. The van der Waals surface area contributed by atoms with Crippen molar-refractivity contribution in [3.8, 4) is 0 Å². The molecule has 6 nitrogen and oxygen atoms in total. The lowest BCUT2D eigenvalue weighted by Gasteiger charge is -2.15. The minimum atomic E-state index is -1.08. The number of thiazole rings is 1. The number of nitrogens with zero attached hydrogens (tertiary/aromatic N) is 1. The van der Waals surface area contributed by atoms with Crippen LogP contribution in [0.5, 0.6) is 0 Å². The summed E-state index contributed by atoms with van der Waals surface area (Å²) in [6.07, 6.45) is -0.704. The Morgan fingerprint density at radius 2 is 2.10 bits per heavy atom. The van der Waals surface area contributed by atoms with Gasteiger partial charge in [0.05, 0.1) is 6.54 Å². The third-order valence-electron chi connectivity index (χ3n) is 2.76. The van der Waals surface area contributed by atoms with Crippen LogP contribution in [0.25, 0.3) is 0 Å². The highest BCUT2D eigenvalue weighted by molar-refractivity contribution is 7.09. The quantitative estimate of drug-likeness (QED) is 0.850. The fraction of sp³-hybridized carbons (Fsp3) is 0.214. The summed E-state index contributed by atoms with van der Waals surface area (Å²) in [6, 6.07) is 9.12. The van der Waals surface area contributed by atoms with Crippen LogP contribution in [0.15, 0.2) is 35.7 Å². The van der Waals surface area contributed by atoms with Crippen LogP contribution in [-0.4, -0.2) is 29.1 Å². The fourth-order valence-corrected chi connectivity index (χ4v) is 2.48. The first-order chi connectivity index (χ1) is 10.1. The maximum Gasteiger partial charge on any atom is 0.355 e. The van der Waals surface area contributed by atoms with E-state index in [0.29, 0.717) is 5.01 Å². The normalized spacial score (nSPS) is 11.9. The summed E-state index contributed by atoms with van der Waals surface area (Å²) < 4.78 is 5.21. The SMILES string of the molecule is COC(C(=O)NCc1nc(C(=O)O)cs1)c1ccccc1. The van der Waals surface area contributed by atoms with Gasteiger partial charge in [-0.05, 0) is 5.56 Å². The van der Waals surface area contributed by atoms with Gasteiger partial charge in [-0.3, -0.25) is 4.79 Å². The van der Waals surface area contributed by atoms with Crippen molar-refractivity contribution in [2.75, 3.05) is 7.11 Å². The number of carbonyl (C=O) groups excluding carboxylic acids is 1. The number of methoxy groups -OCH3 is 1. The van der Waals surface area contributed by atoms with Gasteiger partial charge in [0.15, 0.2) is 11.8 Å². The van der Waals surface area contributed by atoms with Crippen molar-refractivity contribution in [3.63, 3.8) is 0 Å². The lowest BCUT2D eigenvalue weighted by molar-refractivity contribution is -0.131. The second kappa shape index (κ2) is 6.96. The minimum Gasteiger partial charge on any atom is -0.476 e. The summed E-state index contributed by atoms with van der Waals surface area (Å²) >= 11 is 1.19. The van der Waals surface area contributed by atoms with Crippen LogP contribution in [0.3, 0.4) is 0 Å². The van der Waals surface area contributed by atoms with Gasteiger partial charge in [0.25, 0.3) is 5.91 Å². The van der Waals surface area contributed by atoms with Crippen molar-refractivity contribution in [2.45, 2.75) is 12.6 Å². The molecular formula is C14H14N2O4S. The number of carboxylic acids is 1. The first kappa shape index (κ1) is 15.1. The Balaban J connectivity index is 1.98. The third kappa shape index (κ3) is 3.87. The molecule has 0 aliphatic carbocycles. The molecule has 1 atom stereocenters. The first-order valence-electron chi connectivity index (χ1n) is 6.15. The van der Waals surface area contributed by atoms with Crippen molar-refractivity contribution in [2.24, 2.45) is 0 Å². The smallest absolute Gasteiger partial charge is 0.355 e. The highest BCUT2D eigenvalue weighted by Gasteiger charge is 2.20. The van der Waals surface area contributed by atoms with Crippen molar-refractivity contribution in [1.29, 1.82) is 0 Å². The van der Waals surface area contributed by atoms with E-state index < -0.39 is 12.1 Å². The van der Waals surface area contributed by atoms with E-state index in [1.54, 1.807) is 12.1 Å². The van der Waals surface area contributed by atoms with E-state index in [1.807, 2.05) is 18.2 Å². The highest BCUT2D eigenvalue weighted by Crippen LogP contribution is 2.17. The Bertz CT molecular complexity index is 627.